The van der Waals surface area contributed by atoms with Crippen LogP contribution in [0.5, 0.6) is 0 Å². The lowest BCUT2D eigenvalue weighted by atomic mass is 10.1. The maximum atomic E-state index is 12.2. The maximum absolute atomic E-state index is 12.2. The molecule has 0 fully saturated rings. The summed E-state index contributed by atoms with van der Waals surface area (Å²) in [6, 6.07) is 9.20. The molecule has 6 heteroatoms. The highest BCUT2D eigenvalue weighted by Crippen LogP contribution is 2.25. The molecule has 0 aliphatic carbocycles. The third kappa shape index (κ3) is 2.58. The zero-order valence-corrected chi connectivity index (χ0v) is 11.6. The molecule has 1 aliphatic rings. The first-order chi connectivity index (χ1) is 9.61. The summed E-state index contributed by atoms with van der Waals surface area (Å²) in [6.07, 6.45) is 0.654. The Bertz CT molecular complexity index is 629. The smallest absolute Gasteiger partial charge is 0.249 e. The summed E-state index contributed by atoms with van der Waals surface area (Å²) in [7, 11) is 0. The van der Waals surface area contributed by atoms with E-state index in [4.69, 9.17) is 11.6 Å². The van der Waals surface area contributed by atoms with Crippen LogP contribution in [0.1, 0.15) is 11.3 Å². The molecule has 1 amide bonds. The molecule has 0 saturated carbocycles. The molecule has 2 heterocycles. The lowest BCUT2D eigenvalue weighted by Crippen LogP contribution is -2.33. The van der Waals surface area contributed by atoms with E-state index in [9.17, 15) is 4.79 Å². The summed E-state index contributed by atoms with van der Waals surface area (Å²) >= 11 is 5.85. The van der Waals surface area contributed by atoms with Crippen molar-refractivity contribution in [2.75, 3.05) is 10.6 Å². The van der Waals surface area contributed by atoms with Gasteiger partial charge in [-0.05, 0) is 24.6 Å². The fourth-order valence-corrected chi connectivity index (χ4v) is 2.48. The SMILES string of the molecule is Cc1cc(Cl)nc(NC(=O)C2Cc3ccccc3N2)n1. The Labute approximate surface area is 121 Å². The molecular formula is C14H13ClN4O. The quantitative estimate of drug-likeness (QED) is 0.833. The zero-order chi connectivity index (χ0) is 14.1. The van der Waals surface area contributed by atoms with Gasteiger partial charge in [0.15, 0.2) is 0 Å². The van der Waals surface area contributed by atoms with E-state index in [1.165, 1.54) is 0 Å². The fraction of sp³-hybridized carbons (Fsp3) is 0.214. The number of hydrogen-bond acceptors (Lipinski definition) is 4. The molecule has 0 bridgehead atoms. The average Bonchev–Trinajstić information content (AvgIpc) is 2.81. The fourth-order valence-electron chi connectivity index (χ4n) is 2.24. The number of halogens is 1. The molecule has 20 heavy (non-hydrogen) atoms. The van der Waals surface area contributed by atoms with Crippen LogP contribution in [0.2, 0.25) is 5.15 Å². The minimum Gasteiger partial charge on any atom is -0.373 e. The van der Waals surface area contributed by atoms with Gasteiger partial charge in [-0.25, -0.2) is 9.97 Å². The van der Waals surface area contributed by atoms with Crippen molar-refractivity contribution < 1.29 is 4.79 Å². The van der Waals surface area contributed by atoms with Gasteiger partial charge in [-0.1, -0.05) is 29.8 Å². The van der Waals surface area contributed by atoms with Gasteiger partial charge < -0.3 is 5.32 Å². The molecule has 0 radical (unpaired) electrons. The Morgan fingerprint density at radius 1 is 1.40 bits per heavy atom. The van der Waals surface area contributed by atoms with Crippen molar-refractivity contribution in [3.8, 4) is 0 Å². The highest BCUT2D eigenvalue weighted by Gasteiger charge is 2.26. The van der Waals surface area contributed by atoms with Crippen molar-refractivity contribution in [2.24, 2.45) is 0 Å². The van der Waals surface area contributed by atoms with E-state index in [2.05, 4.69) is 20.6 Å². The van der Waals surface area contributed by atoms with Crippen molar-refractivity contribution in [1.29, 1.82) is 0 Å². The number of amides is 1. The molecule has 2 N–H and O–H groups in total. The summed E-state index contributed by atoms with van der Waals surface area (Å²) in [5.41, 5.74) is 2.84. The average molecular weight is 289 g/mol. The molecule has 1 aliphatic heterocycles. The molecule has 1 aromatic carbocycles. The number of aromatic nitrogens is 2. The Morgan fingerprint density at radius 2 is 2.20 bits per heavy atom. The van der Waals surface area contributed by atoms with Crippen LogP contribution in [0.25, 0.3) is 0 Å². The predicted octanol–water partition coefficient (Wildman–Crippen LogP) is 2.41. The van der Waals surface area contributed by atoms with Crippen molar-refractivity contribution in [3.05, 3.63) is 46.7 Å². The minimum atomic E-state index is -0.310. The standard InChI is InChI=1S/C14H13ClN4O/c1-8-6-12(15)18-14(16-8)19-13(20)11-7-9-4-2-3-5-10(9)17-11/h2-6,11,17H,7H2,1H3,(H,16,18,19,20). The summed E-state index contributed by atoms with van der Waals surface area (Å²) < 4.78 is 0. The summed E-state index contributed by atoms with van der Waals surface area (Å²) in [6.45, 7) is 1.80. The summed E-state index contributed by atoms with van der Waals surface area (Å²) in [5, 5.41) is 6.19. The Kier molecular flexibility index (Phi) is 3.28. The van der Waals surface area contributed by atoms with Gasteiger partial charge >= 0.3 is 0 Å². The van der Waals surface area contributed by atoms with Gasteiger partial charge in [0.05, 0.1) is 0 Å². The molecule has 1 unspecified atom stereocenters. The number of rotatable bonds is 2. The van der Waals surface area contributed by atoms with E-state index in [1.54, 1.807) is 13.0 Å². The van der Waals surface area contributed by atoms with Gasteiger partial charge in [0.2, 0.25) is 11.9 Å². The third-order valence-electron chi connectivity index (χ3n) is 3.15. The summed E-state index contributed by atoms with van der Waals surface area (Å²) in [5.74, 6) is 0.0700. The number of benzene rings is 1. The Balaban J connectivity index is 1.72. The molecule has 1 aromatic heterocycles. The van der Waals surface area contributed by atoms with Gasteiger partial charge in [-0.3, -0.25) is 10.1 Å². The lowest BCUT2D eigenvalue weighted by molar-refractivity contribution is -0.116. The van der Waals surface area contributed by atoms with Gasteiger partial charge in [0, 0.05) is 17.8 Å². The maximum Gasteiger partial charge on any atom is 0.249 e. The van der Waals surface area contributed by atoms with E-state index in [1.807, 2.05) is 24.3 Å². The number of para-hydroxylation sites is 1. The van der Waals surface area contributed by atoms with Gasteiger partial charge in [0.25, 0.3) is 0 Å². The summed E-state index contributed by atoms with van der Waals surface area (Å²) in [4.78, 5) is 20.3. The molecule has 102 valence electrons. The predicted molar refractivity (Wildman–Crippen MR) is 78.0 cm³/mol. The number of carbonyl (C=O) groups is 1. The lowest BCUT2D eigenvalue weighted by Gasteiger charge is -2.11. The van der Waals surface area contributed by atoms with Gasteiger partial charge in [0.1, 0.15) is 11.2 Å². The number of carbonyl (C=O) groups excluding carboxylic acids is 1. The van der Waals surface area contributed by atoms with Crippen LogP contribution < -0.4 is 10.6 Å². The number of anilines is 2. The van der Waals surface area contributed by atoms with Crippen LogP contribution in [0.3, 0.4) is 0 Å². The van der Waals surface area contributed by atoms with Crippen LogP contribution in [0.4, 0.5) is 11.6 Å². The highest BCUT2D eigenvalue weighted by molar-refractivity contribution is 6.29. The Morgan fingerprint density at radius 3 is 2.95 bits per heavy atom. The largest absolute Gasteiger partial charge is 0.373 e. The minimum absolute atomic E-state index is 0.164. The first-order valence-corrected chi connectivity index (χ1v) is 6.66. The van der Waals surface area contributed by atoms with E-state index in [0.717, 1.165) is 11.3 Å². The van der Waals surface area contributed by atoms with Crippen LogP contribution in [-0.4, -0.2) is 21.9 Å². The third-order valence-corrected chi connectivity index (χ3v) is 3.34. The Hall–Kier alpha value is -2.14. The monoisotopic (exact) mass is 288 g/mol. The molecule has 1 atom stereocenters. The number of nitrogens with one attached hydrogen (secondary N) is 2. The first-order valence-electron chi connectivity index (χ1n) is 6.28. The van der Waals surface area contributed by atoms with Crippen molar-refractivity contribution in [1.82, 2.24) is 9.97 Å². The first kappa shape index (κ1) is 12.9. The molecule has 3 rings (SSSR count). The normalized spacial score (nSPS) is 16.4. The van der Waals surface area contributed by atoms with Crippen LogP contribution in [-0.2, 0) is 11.2 Å². The van der Waals surface area contributed by atoms with Crippen molar-refractivity contribution in [2.45, 2.75) is 19.4 Å². The van der Waals surface area contributed by atoms with Gasteiger partial charge in [-0.15, -0.1) is 0 Å². The topological polar surface area (TPSA) is 66.9 Å². The molecule has 0 spiro atoms. The number of nitrogens with zero attached hydrogens (tertiary/aromatic N) is 2. The van der Waals surface area contributed by atoms with Crippen molar-refractivity contribution >= 4 is 29.1 Å². The highest BCUT2D eigenvalue weighted by atomic mass is 35.5. The molecule has 5 nitrogen and oxygen atoms in total. The molecular weight excluding hydrogens is 276 g/mol. The van der Waals surface area contributed by atoms with Crippen LogP contribution in [0, 0.1) is 6.92 Å². The van der Waals surface area contributed by atoms with Gasteiger partial charge in [-0.2, -0.15) is 0 Å². The van der Waals surface area contributed by atoms with Crippen LogP contribution in [0.15, 0.2) is 30.3 Å². The number of hydrogen-bond donors (Lipinski definition) is 2. The van der Waals surface area contributed by atoms with Crippen LogP contribution >= 0.6 is 11.6 Å². The second kappa shape index (κ2) is 5.09. The zero-order valence-electron chi connectivity index (χ0n) is 10.9. The van der Waals surface area contributed by atoms with E-state index in [-0.39, 0.29) is 17.9 Å². The van der Waals surface area contributed by atoms with E-state index in [0.29, 0.717) is 17.3 Å². The second-order valence-electron chi connectivity index (χ2n) is 4.70. The number of fused-ring (bicyclic) bond motifs is 1. The number of aryl methyl sites for hydroxylation is 1. The molecule has 0 saturated heterocycles. The molecule has 2 aromatic rings. The van der Waals surface area contributed by atoms with E-state index >= 15 is 0 Å². The van der Waals surface area contributed by atoms with Crippen molar-refractivity contribution in [3.63, 3.8) is 0 Å². The van der Waals surface area contributed by atoms with E-state index < -0.39 is 0 Å². The second-order valence-corrected chi connectivity index (χ2v) is 5.09.